The topological polar surface area (TPSA) is 7.12 Å². The summed E-state index contributed by atoms with van der Waals surface area (Å²) in [4.78, 5) is 2.54. The molecule has 0 radical (unpaired) electrons. The van der Waals surface area contributed by atoms with E-state index in [1.165, 1.54) is 57.3 Å². The third-order valence-corrected chi connectivity index (χ3v) is 4.77. The number of aromatic nitrogens is 1. The van der Waals surface area contributed by atoms with E-state index in [4.69, 9.17) is 0 Å². The van der Waals surface area contributed by atoms with E-state index in [2.05, 4.69) is 54.8 Å². The lowest BCUT2D eigenvalue weighted by atomic mass is 9.99. The molecule has 0 N–H and O–H groups in total. The molecule has 2 rings (SSSR count). The van der Waals surface area contributed by atoms with Crippen molar-refractivity contribution in [2.24, 2.45) is 5.92 Å². The van der Waals surface area contributed by atoms with E-state index in [1.54, 1.807) is 0 Å². The first-order valence-corrected chi connectivity index (χ1v) is 8.50. The van der Waals surface area contributed by atoms with Gasteiger partial charge in [0.25, 0.3) is 0 Å². The lowest BCUT2D eigenvalue weighted by molar-refractivity contribution is -0.724. The summed E-state index contributed by atoms with van der Waals surface area (Å²) in [6.07, 6.45) is 12.4. The van der Waals surface area contributed by atoms with Crippen LogP contribution in [0.25, 0.3) is 0 Å². The number of halogens is 1. The van der Waals surface area contributed by atoms with Gasteiger partial charge in [0.15, 0.2) is 18.4 Å². The fourth-order valence-corrected chi connectivity index (χ4v) is 3.15. The van der Waals surface area contributed by atoms with Gasteiger partial charge in [-0.15, -0.1) is 0 Å². The molecular formula is C18H31ClN2. The van der Waals surface area contributed by atoms with Crippen molar-refractivity contribution in [2.75, 3.05) is 18.0 Å². The van der Waals surface area contributed by atoms with Crippen molar-refractivity contribution in [2.45, 2.75) is 65.3 Å². The lowest BCUT2D eigenvalue weighted by Gasteiger charge is -2.31. The van der Waals surface area contributed by atoms with Crippen LogP contribution in [-0.2, 0) is 0 Å². The zero-order valence-electron chi connectivity index (χ0n) is 13.9. The zero-order valence-corrected chi connectivity index (χ0v) is 14.6. The molecule has 1 aromatic heterocycles. The second kappa shape index (κ2) is 9.30. The Morgan fingerprint density at radius 2 is 1.81 bits per heavy atom. The van der Waals surface area contributed by atoms with Gasteiger partial charge < -0.3 is 17.3 Å². The molecule has 1 aliphatic heterocycles. The summed E-state index contributed by atoms with van der Waals surface area (Å²) in [5.74, 6) is 0.901. The molecule has 2 nitrogen and oxygen atoms in total. The van der Waals surface area contributed by atoms with Crippen molar-refractivity contribution in [1.82, 2.24) is 0 Å². The molecule has 1 saturated heterocycles. The quantitative estimate of drug-likeness (QED) is 0.720. The van der Waals surface area contributed by atoms with Crippen molar-refractivity contribution in [3.05, 3.63) is 24.5 Å². The van der Waals surface area contributed by atoms with Crippen molar-refractivity contribution in [3.8, 4) is 0 Å². The van der Waals surface area contributed by atoms with Gasteiger partial charge in [0.05, 0.1) is 0 Å². The maximum absolute atomic E-state index is 2.54. The molecule has 21 heavy (non-hydrogen) atoms. The highest BCUT2D eigenvalue weighted by molar-refractivity contribution is 5.44. The van der Waals surface area contributed by atoms with E-state index < -0.39 is 0 Å². The van der Waals surface area contributed by atoms with Crippen LogP contribution in [0.3, 0.4) is 0 Å². The average Bonchev–Trinajstić information content (AvgIpc) is 2.49. The van der Waals surface area contributed by atoms with Crippen LogP contribution in [0.15, 0.2) is 24.5 Å². The Bertz CT molecular complexity index is 359. The molecule has 0 bridgehead atoms. The van der Waals surface area contributed by atoms with Gasteiger partial charge in [-0.3, -0.25) is 0 Å². The molecule has 1 aliphatic rings. The maximum atomic E-state index is 2.54. The van der Waals surface area contributed by atoms with E-state index in [9.17, 15) is 0 Å². The standard InChI is InChI=1S/C18H31N2.ClH/c1-4-6-7-17(5-2)19-14-10-18(11-15-19)20-12-8-16(3)9-13-20;/h10-11,14-17H,4-9,12-13H2,1-3H3;1H/q+1;/p-1. The van der Waals surface area contributed by atoms with Crippen molar-refractivity contribution in [1.29, 1.82) is 0 Å². The van der Waals surface area contributed by atoms with E-state index in [1.807, 2.05) is 0 Å². The summed E-state index contributed by atoms with van der Waals surface area (Å²) in [6, 6.07) is 5.29. The number of rotatable bonds is 6. The van der Waals surface area contributed by atoms with Gasteiger partial charge in [-0.05, 0) is 25.2 Å². The number of hydrogen-bond donors (Lipinski definition) is 0. The van der Waals surface area contributed by atoms with Gasteiger partial charge in [-0.1, -0.05) is 27.2 Å². The largest absolute Gasteiger partial charge is 1.00 e. The van der Waals surface area contributed by atoms with Gasteiger partial charge in [0.2, 0.25) is 0 Å². The predicted octanol–water partition coefficient (Wildman–Crippen LogP) is 1.36. The number of nitrogens with zero attached hydrogens (tertiary/aromatic N) is 2. The van der Waals surface area contributed by atoms with Crippen LogP contribution in [0, 0.1) is 5.92 Å². The first-order chi connectivity index (χ1) is 9.74. The summed E-state index contributed by atoms with van der Waals surface area (Å²) in [7, 11) is 0. The monoisotopic (exact) mass is 310 g/mol. The number of hydrogen-bond acceptors (Lipinski definition) is 1. The first-order valence-electron chi connectivity index (χ1n) is 8.50. The van der Waals surface area contributed by atoms with Gasteiger partial charge >= 0.3 is 0 Å². The Morgan fingerprint density at radius 3 is 2.33 bits per heavy atom. The number of pyridine rings is 1. The molecule has 1 unspecified atom stereocenters. The Hall–Kier alpha value is -0.760. The predicted molar refractivity (Wildman–Crippen MR) is 86.1 cm³/mol. The molecule has 120 valence electrons. The Labute approximate surface area is 137 Å². The lowest BCUT2D eigenvalue weighted by Crippen LogP contribution is -3.00. The van der Waals surface area contributed by atoms with Crippen molar-refractivity contribution in [3.63, 3.8) is 0 Å². The fraction of sp³-hybridized carbons (Fsp3) is 0.722. The highest BCUT2D eigenvalue weighted by Gasteiger charge is 2.19. The number of unbranched alkanes of at least 4 members (excludes halogenated alkanes) is 1. The third-order valence-electron chi connectivity index (χ3n) is 4.77. The number of anilines is 1. The smallest absolute Gasteiger partial charge is 0.171 e. The number of piperidine rings is 1. The van der Waals surface area contributed by atoms with Crippen LogP contribution in [0.1, 0.15) is 65.3 Å². The summed E-state index contributed by atoms with van der Waals surface area (Å²) in [5, 5.41) is 0. The van der Waals surface area contributed by atoms with Crippen LogP contribution in [0.5, 0.6) is 0 Å². The summed E-state index contributed by atoms with van der Waals surface area (Å²) < 4.78 is 2.41. The maximum Gasteiger partial charge on any atom is 0.171 e. The molecule has 0 aromatic carbocycles. The van der Waals surface area contributed by atoms with E-state index in [0.29, 0.717) is 6.04 Å². The Kier molecular flexibility index (Phi) is 8.10. The highest BCUT2D eigenvalue weighted by Crippen LogP contribution is 2.22. The minimum Gasteiger partial charge on any atom is -1.00 e. The minimum absolute atomic E-state index is 0. The second-order valence-corrected chi connectivity index (χ2v) is 6.38. The highest BCUT2D eigenvalue weighted by atomic mass is 35.5. The molecule has 0 spiro atoms. The summed E-state index contributed by atoms with van der Waals surface area (Å²) in [5.41, 5.74) is 1.40. The van der Waals surface area contributed by atoms with Crippen LogP contribution in [-0.4, -0.2) is 13.1 Å². The molecule has 1 atom stereocenters. The molecule has 2 heterocycles. The average molecular weight is 311 g/mol. The van der Waals surface area contributed by atoms with Crippen molar-refractivity contribution >= 4 is 5.69 Å². The van der Waals surface area contributed by atoms with Crippen LogP contribution in [0.2, 0.25) is 0 Å². The third kappa shape index (κ3) is 5.18. The molecule has 1 fully saturated rings. The molecule has 1 aromatic rings. The summed E-state index contributed by atoms with van der Waals surface area (Å²) >= 11 is 0. The zero-order chi connectivity index (χ0) is 14.4. The molecule has 0 amide bonds. The van der Waals surface area contributed by atoms with E-state index in [0.717, 1.165) is 5.92 Å². The van der Waals surface area contributed by atoms with E-state index in [-0.39, 0.29) is 12.4 Å². The van der Waals surface area contributed by atoms with E-state index >= 15 is 0 Å². The van der Waals surface area contributed by atoms with Crippen molar-refractivity contribution < 1.29 is 17.0 Å². The van der Waals surface area contributed by atoms with Crippen LogP contribution in [0.4, 0.5) is 5.69 Å². The van der Waals surface area contributed by atoms with Gasteiger partial charge in [-0.25, -0.2) is 4.57 Å². The van der Waals surface area contributed by atoms with Gasteiger partial charge in [0, 0.05) is 43.8 Å². The van der Waals surface area contributed by atoms with Gasteiger partial charge in [-0.2, -0.15) is 0 Å². The van der Waals surface area contributed by atoms with Gasteiger partial charge in [0.1, 0.15) is 0 Å². The molecule has 0 saturated carbocycles. The second-order valence-electron chi connectivity index (χ2n) is 6.38. The normalized spacial score (nSPS) is 17.4. The van der Waals surface area contributed by atoms with Crippen LogP contribution < -0.4 is 21.9 Å². The van der Waals surface area contributed by atoms with Crippen LogP contribution >= 0.6 is 0 Å². The molecule has 0 aliphatic carbocycles. The molecular weight excluding hydrogens is 280 g/mol. The first kappa shape index (κ1) is 18.3. The Balaban J connectivity index is 0.00000220. The Morgan fingerprint density at radius 1 is 1.19 bits per heavy atom. The molecule has 3 heteroatoms. The fourth-order valence-electron chi connectivity index (χ4n) is 3.15. The SMILES string of the molecule is CCCCC(CC)[n+]1ccc(N2CCC(C)CC2)cc1.[Cl-]. The minimum atomic E-state index is 0. The summed E-state index contributed by atoms with van der Waals surface area (Å²) in [6.45, 7) is 9.39.